The van der Waals surface area contributed by atoms with E-state index in [-0.39, 0.29) is 11.9 Å². The maximum atomic E-state index is 12.0. The third-order valence-corrected chi connectivity index (χ3v) is 2.96. The molecule has 0 spiro atoms. The van der Waals surface area contributed by atoms with Crippen LogP contribution in [0.25, 0.3) is 0 Å². The molecule has 0 aromatic carbocycles. The Balaban J connectivity index is 1.83. The van der Waals surface area contributed by atoms with Crippen LogP contribution < -0.4 is 5.32 Å². The number of hydrogen-bond donors (Lipinski definition) is 1. The van der Waals surface area contributed by atoms with Crippen molar-refractivity contribution in [1.29, 1.82) is 0 Å². The second kappa shape index (κ2) is 5.64. The van der Waals surface area contributed by atoms with Crippen molar-refractivity contribution in [3.63, 3.8) is 0 Å². The molecule has 0 radical (unpaired) electrons. The minimum atomic E-state index is -0.312. The van der Waals surface area contributed by atoms with Gasteiger partial charge >= 0.3 is 0 Å². The topological polar surface area (TPSA) is 77.6 Å². The minimum absolute atomic E-state index is 0.0507. The number of aryl methyl sites for hydroxylation is 2. The van der Waals surface area contributed by atoms with Crippen LogP contribution in [-0.4, -0.2) is 37.0 Å². The van der Waals surface area contributed by atoms with Crippen LogP contribution >= 0.6 is 0 Å². The van der Waals surface area contributed by atoms with Crippen LogP contribution in [0.1, 0.15) is 24.4 Å². The molecule has 0 aliphatic heterocycles. The number of nitrogens with zero attached hydrogens (tertiary/aromatic N) is 5. The molecule has 0 saturated heterocycles. The van der Waals surface area contributed by atoms with Gasteiger partial charge in [-0.05, 0) is 19.4 Å². The van der Waals surface area contributed by atoms with Crippen LogP contribution in [0.3, 0.4) is 0 Å². The van der Waals surface area contributed by atoms with Crippen LogP contribution in [0.2, 0.25) is 0 Å². The van der Waals surface area contributed by atoms with E-state index in [0.717, 1.165) is 11.4 Å². The first kappa shape index (κ1) is 13.3. The van der Waals surface area contributed by atoms with Gasteiger partial charge in [-0.3, -0.25) is 14.2 Å². The van der Waals surface area contributed by atoms with E-state index in [4.69, 9.17) is 0 Å². The molecule has 0 aliphatic carbocycles. The van der Waals surface area contributed by atoms with Crippen LogP contribution in [-0.2, 0) is 18.3 Å². The van der Waals surface area contributed by atoms with Crippen LogP contribution in [0, 0.1) is 6.92 Å². The first-order valence-electron chi connectivity index (χ1n) is 6.19. The second-order valence-electron chi connectivity index (χ2n) is 4.51. The number of rotatable bonds is 5. The molecule has 102 valence electrons. The third-order valence-electron chi connectivity index (χ3n) is 2.96. The number of nitrogens with one attached hydrogen (secondary N) is 1. The zero-order chi connectivity index (χ0) is 13.8. The van der Waals surface area contributed by atoms with E-state index in [2.05, 4.69) is 20.5 Å². The van der Waals surface area contributed by atoms with Gasteiger partial charge in [0.2, 0.25) is 5.91 Å². The van der Waals surface area contributed by atoms with Crippen molar-refractivity contribution in [2.45, 2.75) is 26.3 Å². The molecule has 7 heteroatoms. The van der Waals surface area contributed by atoms with Crippen molar-refractivity contribution in [3.05, 3.63) is 30.1 Å². The van der Waals surface area contributed by atoms with Crippen LogP contribution in [0.4, 0.5) is 0 Å². The standard InChI is InChI=1S/C12H18N6O/c1-9-6-15-18(7-9)10(2)12(19)13-5-4-11-14-8-16-17(11)3/h6-8,10H,4-5H2,1-3H3,(H,13,19)/t10-/m1/s1. The maximum absolute atomic E-state index is 12.0. The summed E-state index contributed by atoms with van der Waals surface area (Å²) >= 11 is 0. The molecule has 0 bridgehead atoms. The number of amides is 1. The highest BCUT2D eigenvalue weighted by Crippen LogP contribution is 2.05. The average Bonchev–Trinajstić information content (AvgIpc) is 2.98. The molecular formula is C12H18N6O. The van der Waals surface area contributed by atoms with Gasteiger partial charge in [-0.1, -0.05) is 0 Å². The molecule has 2 rings (SSSR count). The van der Waals surface area contributed by atoms with E-state index >= 15 is 0 Å². The predicted molar refractivity (Wildman–Crippen MR) is 69.4 cm³/mol. The van der Waals surface area contributed by atoms with E-state index in [0.29, 0.717) is 13.0 Å². The highest BCUT2D eigenvalue weighted by atomic mass is 16.2. The SMILES string of the molecule is Cc1cnn([C@H](C)C(=O)NCCc2ncnn2C)c1. The summed E-state index contributed by atoms with van der Waals surface area (Å²) in [6.45, 7) is 4.31. The molecule has 1 amide bonds. The first-order chi connectivity index (χ1) is 9.08. The van der Waals surface area contributed by atoms with Crippen LogP contribution in [0.15, 0.2) is 18.7 Å². The van der Waals surface area contributed by atoms with Gasteiger partial charge in [0.1, 0.15) is 18.2 Å². The molecule has 0 fully saturated rings. The molecule has 0 unspecified atom stereocenters. The highest BCUT2D eigenvalue weighted by molar-refractivity contribution is 5.79. The lowest BCUT2D eigenvalue weighted by atomic mass is 10.3. The Hall–Kier alpha value is -2.18. The van der Waals surface area contributed by atoms with Crippen LogP contribution in [0.5, 0.6) is 0 Å². The summed E-state index contributed by atoms with van der Waals surface area (Å²) in [6.07, 6.45) is 5.76. The van der Waals surface area contributed by atoms with Crippen molar-refractivity contribution in [3.8, 4) is 0 Å². The van der Waals surface area contributed by atoms with E-state index in [9.17, 15) is 4.79 Å². The summed E-state index contributed by atoms with van der Waals surface area (Å²) in [4.78, 5) is 16.1. The van der Waals surface area contributed by atoms with E-state index < -0.39 is 0 Å². The Labute approximate surface area is 111 Å². The van der Waals surface area contributed by atoms with E-state index in [1.165, 1.54) is 6.33 Å². The molecule has 19 heavy (non-hydrogen) atoms. The fourth-order valence-corrected chi connectivity index (χ4v) is 1.76. The quantitative estimate of drug-likeness (QED) is 0.837. The van der Waals surface area contributed by atoms with Gasteiger partial charge in [-0.15, -0.1) is 0 Å². The van der Waals surface area contributed by atoms with Gasteiger partial charge < -0.3 is 5.32 Å². The van der Waals surface area contributed by atoms with Gasteiger partial charge in [-0.25, -0.2) is 4.98 Å². The lowest BCUT2D eigenvalue weighted by Crippen LogP contribution is -2.33. The number of aromatic nitrogens is 5. The second-order valence-corrected chi connectivity index (χ2v) is 4.51. The molecule has 7 nitrogen and oxygen atoms in total. The molecule has 1 atom stereocenters. The summed E-state index contributed by atoms with van der Waals surface area (Å²) in [5.74, 6) is 0.799. The Morgan fingerprint density at radius 1 is 1.47 bits per heavy atom. The Bertz CT molecular complexity index is 558. The maximum Gasteiger partial charge on any atom is 0.244 e. The largest absolute Gasteiger partial charge is 0.354 e. The summed E-state index contributed by atoms with van der Waals surface area (Å²) < 4.78 is 3.36. The van der Waals surface area contributed by atoms with E-state index in [1.807, 2.05) is 27.1 Å². The van der Waals surface area contributed by atoms with Crippen molar-refractivity contribution >= 4 is 5.91 Å². The fraction of sp³-hybridized carbons (Fsp3) is 0.500. The minimum Gasteiger partial charge on any atom is -0.354 e. The van der Waals surface area contributed by atoms with Crippen molar-refractivity contribution in [2.75, 3.05) is 6.54 Å². The third kappa shape index (κ3) is 3.18. The summed E-state index contributed by atoms with van der Waals surface area (Å²) in [6, 6.07) is -0.312. The number of carbonyl (C=O) groups excluding carboxylic acids is 1. The molecular weight excluding hydrogens is 244 g/mol. The monoisotopic (exact) mass is 262 g/mol. The zero-order valence-corrected chi connectivity index (χ0v) is 11.4. The fourth-order valence-electron chi connectivity index (χ4n) is 1.76. The molecule has 2 aromatic rings. The predicted octanol–water partition coefficient (Wildman–Crippen LogP) is 0.240. The molecule has 2 heterocycles. The lowest BCUT2D eigenvalue weighted by molar-refractivity contribution is -0.124. The Kier molecular flexibility index (Phi) is 3.94. The average molecular weight is 262 g/mol. The summed E-state index contributed by atoms with van der Waals surface area (Å²) in [5, 5.41) is 11.0. The van der Waals surface area contributed by atoms with Crippen molar-refractivity contribution < 1.29 is 4.79 Å². The highest BCUT2D eigenvalue weighted by Gasteiger charge is 2.15. The molecule has 0 aliphatic rings. The Morgan fingerprint density at radius 3 is 2.84 bits per heavy atom. The number of hydrogen-bond acceptors (Lipinski definition) is 4. The van der Waals surface area contributed by atoms with Gasteiger partial charge in [0.05, 0.1) is 6.20 Å². The molecule has 0 saturated carbocycles. The summed E-state index contributed by atoms with van der Waals surface area (Å²) in [5.41, 5.74) is 1.04. The van der Waals surface area contributed by atoms with Gasteiger partial charge in [-0.2, -0.15) is 10.2 Å². The zero-order valence-electron chi connectivity index (χ0n) is 11.4. The smallest absolute Gasteiger partial charge is 0.244 e. The number of carbonyl (C=O) groups is 1. The van der Waals surface area contributed by atoms with Gasteiger partial charge in [0.15, 0.2) is 0 Å². The van der Waals surface area contributed by atoms with Crippen molar-refractivity contribution in [1.82, 2.24) is 29.9 Å². The van der Waals surface area contributed by atoms with E-state index in [1.54, 1.807) is 15.6 Å². The van der Waals surface area contributed by atoms with Gasteiger partial charge in [0.25, 0.3) is 0 Å². The lowest BCUT2D eigenvalue weighted by Gasteiger charge is -2.12. The molecule has 1 N–H and O–H groups in total. The molecule has 2 aromatic heterocycles. The first-order valence-corrected chi connectivity index (χ1v) is 6.19. The Morgan fingerprint density at radius 2 is 2.26 bits per heavy atom. The normalized spacial score (nSPS) is 12.4. The van der Waals surface area contributed by atoms with Gasteiger partial charge in [0, 0.05) is 26.2 Å². The summed E-state index contributed by atoms with van der Waals surface area (Å²) in [7, 11) is 1.83. The van der Waals surface area contributed by atoms with Crippen molar-refractivity contribution in [2.24, 2.45) is 7.05 Å².